The first kappa shape index (κ1) is 22.6. The molecule has 2 aromatic carbocycles. The van der Waals surface area contributed by atoms with Gasteiger partial charge in [-0.2, -0.15) is 4.98 Å². The predicted molar refractivity (Wildman–Crippen MR) is 130 cm³/mol. The summed E-state index contributed by atoms with van der Waals surface area (Å²) in [6.07, 6.45) is 1.61. The fraction of sp³-hybridized carbons (Fsp3) is 0.167. The quantitative estimate of drug-likeness (QED) is 0.358. The molecule has 0 spiro atoms. The average molecular weight is 460 g/mol. The molecule has 3 N–H and O–H groups in total. The predicted octanol–water partition coefficient (Wildman–Crippen LogP) is 4.28. The third-order valence-corrected chi connectivity index (χ3v) is 4.85. The summed E-state index contributed by atoms with van der Waals surface area (Å²) in [5.74, 6) is 1.87. The Hall–Kier alpha value is -4.60. The highest BCUT2D eigenvalue weighted by Gasteiger charge is 2.16. The zero-order chi connectivity index (χ0) is 24.1. The van der Waals surface area contributed by atoms with E-state index in [2.05, 4.69) is 31.0 Å². The van der Waals surface area contributed by atoms with Crippen LogP contribution in [-0.4, -0.2) is 39.9 Å². The highest BCUT2D eigenvalue weighted by Crippen LogP contribution is 2.23. The maximum atomic E-state index is 12.5. The van der Waals surface area contributed by atoms with Crippen LogP contribution in [0.4, 0.5) is 28.8 Å². The van der Waals surface area contributed by atoms with Gasteiger partial charge in [0.1, 0.15) is 17.1 Å². The van der Waals surface area contributed by atoms with Crippen LogP contribution in [-0.2, 0) is 7.05 Å². The first-order chi connectivity index (χ1) is 16.4. The normalized spacial score (nSPS) is 10.5. The van der Waals surface area contributed by atoms with E-state index >= 15 is 0 Å². The molecule has 0 radical (unpaired) electrons. The van der Waals surface area contributed by atoms with E-state index in [-0.39, 0.29) is 11.8 Å². The van der Waals surface area contributed by atoms with Crippen LogP contribution < -0.4 is 25.4 Å². The van der Waals surface area contributed by atoms with E-state index in [4.69, 9.17) is 9.47 Å². The van der Waals surface area contributed by atoms with Crippen LogP contribution in [0.25, 0.3) is 0 Å². The third kappa shape index (κ3) is 5.41. The molecule has 4 rings (SSSR count). The van der Waals surface area contributed by atoms with E-state index in [1.165, 1.54) is 11.8 Å². The van der Waals surface area contributed by atoms with Gasteiger partial charge in [-0.05, 0) is 55.5 Å². The van der Waals surface area contributed by atoms with Crippen LogP contribution in [0.15, 0.2) is 60.8 Å². The summed E-state index contributed by atoms with van der Waals surface area (Å²) in [6.45, 7) is 1.90. The Morgan fingerprint density at radius 1 is 0.882 bits per heavy atom. The van der Waals surface area contributed by atoms with Gasteiger partial charge in [-0.15, -0.1) is 5.10 Å². The van der Waals surface area contributed by atoms with Gasteiger partial charge in [-0.25, -0.2) is 4.98 Å². The van der Waals surface area contributed by atoms with Crippen molar-refractivity contribution in [3.63, 3.8) is 0 Å². The molecular formula is C24H25N7O3. The number of carbonyl (C=O) groups is 1. The fourth-order valence-corrected chi connectivity index (χ4v) is 3.25. The summed E-state index contributed by atoms with van der Waals surface area (Å²) < 4.78 is 11.9. The van der Waals surface area contributed by atoms with Gasteiger partial charge in [0.15, 0.2) is 0 Å². The third-order valence-electron chi connectivity index (χ3n) is 4.85. The Morgan fingerprint density at radius 3 is 2.21 bits per heavy atom. The van der Waals surface area contributed by atoms with Crippen LogP contribution in [0.2, 0.25) is 0 Å². The topological polar surface area (TPSA) is 115 Å². The first-order valence-electron chi connectivity index (χ1n) is 10.5. The van der Waals surface area contributed by atoms with Gasteiger partial charge in [-0.3, -0.25) is 9.48 Å². The molecule has 0 fully saturated rings. The van der Waals surface area contributed by atoms with Crippen LogP contribution in [0.3, 0.4) is 0 Å². The number of amides is 1. The van der Waals surface area contributed by atoms with E-state index in [9.17, 15) is 4.79 Å². The lowest BCUT2D eigenvalue weighted by atomic mass is 10.2. The van der Waals surface area contributed by atoms with Gasteiger partial charge in [-0.1, -0.05) is 0 Å². The van der Waals surface area contributed by atoms with Crippen molar-refractivity contribution < 1.29 is 14.3 Å². The number of carbonyl (C=O) groups excluding carboxylic acids is 1. The zero-order valence-electron chi connectivity index (χ0n) is 19.3. The number of ether oxygens (including phenoxy) is 2. The van der Waals surface area contributed by atoms with E-state index in [0.29, 0.717) is 23.0 Å². The molecule has 0 bridgehead atoms. The van der Waals surface area contributed by atoms with Gasteiger partial charge in [0.05, 0.1) is 14.2 Å². The second kappa shape index (κ2) is 9.90. The Balaban J connectivity index is 1.43. The van der Waals surface area contributed by atoms with Crippen molar-refractivity contribution in [2.45, 2.75) is 6.92 Å². The molecule has 0 unspecified atom stereocenters. The molecule has 10 heteroatoms. The number of hydrogen-bond donors (Lipinski definition) is 3. The maximum absolute atomic E-state index is 12.5. The number of aryl methyl sites for hydroxylation is 2. The number of hydrogen-bond acceptors (Lipinski definition) is 8. The molecule has 0 atom stereocenters. The lowest BCUT2D eigenvalue weighted by molar-refractivity contribution is 0.102. The lowest BCUT2D eigenvalue weighted by Gasteiger charge is -2.11. The average Bonchev–Trinajstić information content (AvgIpc) is 3.21. The Morgan fingerprint density at radius 2 is 1.53 bits per heavy atom. The van der Waals surface area contributed by atoms with Crippen molar-refractivity contribution >= 4 is 34.7 Å². The van der Waals surface area contributed by atoms with Crippen molar-refractivity contribution in [3.05, 3.63) is 72.1 Å². The molecule has 4 aromatic rings. The summed E-state index contributed by atoms with van der Waals surface area (Å²) >= 11 is 0. The molecular weight excluding hydrogens is 434 g/mol. The fourth-order valence-electron chi connectivity index (χ4n) is 3.25. The number of nitrogens with one attached hydrogen (secondary N) is 3. The molecule has 10 nitrogen and oxygen atoms in total. The van der Waals surface area contributed by atoms with E-state index in [0.717, 1.165) is 22.8 Å². The SMILES string of the molecule is COc1ccc(Nc2cc(C)nc(Nc3ccc(NC(=O)c4cn(C)nc4OC)cc3)n2)cc1. The number of nitrogens with zero attached hydrogens (tertiary/aromatic N) is 4. The molecule has 0 aliphatic heterocycles. The van der Waals surface area contributed by atoms with Gasteiger partial charge in [0.2, 0.25) is 11.8 Å². The smallest absolute Gasteiger partial charge is 0.262 e. The molecule has 0 saturated heterocycles. The molecule has 0 aliphatic rings. The minimum Gasteiger partial charge on any atom is -0.497 e. The molecule has 174 valence electrons. The molecule has 1 amide bonds. The Labute approximate surface area is 197 Å². The van der Waals surface area contributed by atoms with Gasteiger partial charge in [0.25, 0.3) is 5.91 Å². The molecule has 0 saturated carbocycles. The summed E-state index contributed by atoms with van der Waals surface area (Å²) in [7, 11) is 4.84. The van der Waals surface area contributed by atoms with Crippen molar-refractivity contribution in [3.8, 4) is 11.6 Å². The number of anilines is 5. The summed E-state index contributed by atoms with van der Waals surface area (Å²) in [5, 5.41) is 13.4. The minimum absolute atomic E-state index is 0.272. The van der Waals surface area contributed by atoms with Crippen LogP contribution in [0, 0.1) is 6.92 Å². The molecule has 2 aromatic heterocycles. The highest BCUT2D eigenvalue weighted by molar-refractivity contribution is 6.05. The van der Waals surface area contributed by atoms with Crippen molar-refractivity contribution in [1.82, 2.24) is 19.7 Å². The summed E-state index contributed by atoms with van der Waals surface area (Å²) in [5.41, 5.74) is 3.46. The van der Waals surface area contributed by atoms with E-state index in [1.807, 2.05) is 49.4 Å². The summed E-state index contributed by atoms with van der Waals surface area (Å²) in [6, 6.07) is 16.7. The molecule has 2 heterocycles. The number of benzene rings is 2. The number of aromatic nitrogens is 4. The largest absolute Gasteiger partial charge is 0.497 e. The van der Waals surface area contributed by atoms with Crippen LogP contribution in [0.5, 0.6) is 11.6 Å². The first-order valence-corrected chi connectivity index (χ1v) is 10.5. The highest BCUT2D eigenvalue weighted by atomic mass is 16.5. The molecule has 34 heavy (non-hydrogen) atoms. The van der Waals surface area contributed by atoms with Gasteiger partial charge < -0.3 is 25.4 Å². The van der Waals surface area contributed by atoms with Crippen molar-refractivity contribution in [2.75, 3.05) is 30.2 Å². The van der Waals surface area contributed by atoms with E-state index < -0.39 is 0 Å². The van der Waals surface area contributed by atoms with Crippen molar-refractivity contribution in [1.29, 1.82) is 0 Å². The second-order valence-corrected chi connectivity index (χ2v) is 7.45. The minimum atomic E-state index is -0.304. The van der Waals surface area contributed by atoms with Gasteiger partial charge >= 0.3 is 0 Å². The maximum Gasteiger partial charge on any atom is 0.262 e. The van der Waals surface area contributed by atoms with E-state index in [1.54, 1.807) is 32.5 Å². The molecule has 0 aliphatic carbocycles. The second-order valence-electron chi connectivity index (χ2n) is 7.45. The van der Waals surface area contributed by atoms with Crippen molar-refractivity contribution in [2.24, 2.45) is 7.05 Å². The zero-order valence-corrected chi connectivity index (χ0v) is 19.3. The van der Waals surface area contributed by atoms with Crippen LogP contribution in [0.1, 0.15) is 16.1 Å². The number of methoxy groups -OCH3 is 2. The Bertz CT molecular complexity index is 1290. The number of rotatable bonds is 8. The standard InChI is InChI=1S/C24H25N7O3/c1-15-13-21(26-16-9-11-19(33-3)12-10-16)29-24(25-15)28-18-7-5-17(6-8-18)27-22(32)20-14-31(2)30-23(20)34-4/h5-14H,1-4H3,(H,27,32)(H2,25,26,28,29). The Kier molecular flexibility index (Phi) is 6.58. The van der Waals surface area contributed by atoms with Gasteiger partial charge in [0, 0.05) is 42.1 Å². The lowest BCUT2D eigenvalue weighted by Crippen LogP contribution is -2.12. The summed E-state index contributed by atoms with van der Waals surface area (Å²) in [4.78, 5) is 21.5. The monoisotopic (exact) mass is 459 g/mol. The van der Waals surface area contributed by atoms with Crippen LogP contribution >= 0.6 is 0 Å².